The molecule has 1 rings (SSSR count). The first-order chi connectivity index (χ1) is 7.69. The van der Waals surface area contributed by atoms with E-state index in [4.69, 9.17) is 0 Å². The van der Waals surface area contributed by atoms with Gasteiger partial charge in [0.1, 0.15) is 0 Å². The van der Waals surface area contributed by atoms with Crippen LogP contribution in [0.25, 0.3) is 0 Å². The molecule has 0 heterocycles. The van der Waals surface area contributed by atoms with Crippen molar-refractivity contribution in [3.63, 3.8) is 0 Å². The summed E-state index contributed by atoms with van der Waals surface area (Å²) in [7, 11) is 0. The molecule has 0 radical (unpaired) electrons. The van der Waals surface area contributed by atoms with Gasteiger partial charge in [0.2, 0.25) is 5.91 Å². The Bertz CT molecular complexity index is 210. The van der Waals surface area contributed by atoms with E-state index in [-0.39, 0.29) is 11.8 Å². The Balaban J connectivity index is 2.23. The molecule has 0 spiro atoms. The topological polar surface area (TPSA) is 29.1 Å². The van der Waals surface area contributed by atoms with Crippen molar-refractivity contribution >= 4 is 21.8 Å². The minimum absolute atomic E-state index is 0.230. The SMILES string of the molecule is CCCC(CCC)C(=O)NCC(Br)C1CC1. The normalized spacial score (nSPS) is 17.5. The van der Waals surface area contributed by atoms with Crippen LogP contribution in [0.15, 0.2) is 0 Å². The molecular formula is C13H24BrNO. The van der Waals surface area contributed by atoms with Crippen LogP contribution < -0.4 is 5.32 Å². The molecule has 1 N–H and O–H groups in total. The highest BCUT2D eigenvalue weighted by Crippen LogP contribution is 2.36. The number of nitrogens with one attached hydrogen (secondary N) is 1. The van der Waals surface area contributed by atoms with E-state index in [0.717, 1.165) is 38.1 Å². The summed E-state index contributed by atoms with van der Waals surface area (Å²) in [5, 5.41) is 3.09. The molecule has 0 bridgehead atoms. The highest BCUT2D eigenvalue weighted by Gasteiger charge is 2.29. The van der Waals surface area contributed by atoms with E-state index in [1.807, 2.05) is 0 Å². The van der Waals surface area contributed by atoms with Crippen molar-refractivity contribution in [1.29, 1.82) is 0 Å². The Morgan fingerprint density at radius 3 is 2.31 bits per heavy atom. The maximum absolute atomic E-state index is 11.9. The second-order valence-electron chi connectivity index (χ2n) is 4.87. The van der Waals surface area contributed by atoms with Gasteiger partial charge in [-0.3, -0.25) is 4.79 Å². The summed E-state index contributed by atoms with van der Waals surface area (Å²) in [5.41, 5.74) is 0. The maximum Gasteiger partial charge on any atom is 0.223 e. The molecule has 0 saturated heterocycles. The van der Waals surface area contributed by atoms with E-state index < -0.39 is 0 Å². The highest BCUT2D eigenvalue weighted by atomic mass is 79.9. The summed E-state index contributed by atoms with van der Waals surface area (Å²) in [6.07, 6.45) is 6.88. The third-order valence-electron chi connectivity index (χ3n) is 3.25. The maximum atomic E-state index is 11.9. The third-order valence-corrected chi connectivity index (χ3v) is 4.32. The lowest BCUT2D eigenvalue weighted by atomic mass is 9.97. The summed E-state index contributed by atoms with van der Waals surface area (Å²) in [5.74, 6) is 1.29. The Morgan fingerprint density at radius 2 is 1.88 bits per heavy atom. The molecule has 1 aliphatic rings. The van der Waals surface area contributed by atoms with Gasteiger partial charge < -0.3 is 5.32 Å². The largest absolute Gasteiger partial charge is 0.355 e. The second-order valence-corrected chi connectivity index (χ2v) is 6.05. The van der Waals surface area contributed by atoms with E-state index in [1.54, 1.807) is 0 Å². The first-order valence-corrected chi connectivity index (χ1v) is 7.52. The lowest BCUT2D eigenvalue weighted by Crippen LogP contribution is -2.35. The van der Waals surface area contributed by atoms with Crippen molar-refractivity contribution in [2.45, 2.75) is 57.2 Å². The number of hydrogen-bond donors (Lipinski definition) is 1. The molecule has 1 atom stereocenters. The van der Waals surface area contributed by atoms with Crippen LogP contribution in [0.3, 0.4) is 0 Å². The van der Waals surface area contributed by atoms with Gasteiger partial charge >= 0.3 is 0 Å². The molecule has 0 aromatic rings. The Labute approximate surface area is 108 Å². The first-order valence-electron chi connectivity index (χ1n) is 6.60. The molecule has 3 heteroatoms. The molecule has 1 unspecified atom stereocenters. The van der Waals surface area contributed by atoms with Crippen LogP contribution in [-0.4, -0.2) is 17.3 Å². The highest BCUT2D eigenvalue weighted by molar-refractivity contribution is 9.09. The Morgan fingerprint density at radius 1 is 1.31 bits per heavy atom. The van der Waals surface area contributed by atoms with Crippen molar-refractivity contribution in [1.82, 2.24) is 5.32 Å². The summed E-state index contributed by atoms with van der Waals surface area (Å²) >= 11 is 3.65. The summed E-state index contributed by atoms with van der Waals surface area (Å²) in [4.78, 5) is 12.4. The zero-order valence-corrected chi connectivity index (χ0v) is 12.1. The lowest BCUT2D eigenvalue weighted by Gasteiger charge is -2.17. The second kappa shape index (κ2) is 7.31. The summed E-state index contributed by atoms with van der Waals surface area (Å²) < 4.78 is 0. The molecule has 16 heavy (non-hydrogen) atoms. The molecular weight excluding hydrogens is 266 g/mol. The monoisotopic (exact) mass is 289 g/mol. The molecule has 0 aliphatic heterocycles. The quantitative estimate of drug-likeness (QED) is 0.681. The van der Waals surface area contributed by atoms with Gasteiger partial charge in [0.25, 0.3) is 0 Å². The van der Waals surface area contributed by atoms with Crippen LogP contribution in [0.1, 0.15) is 52.4 Å². The fourth-order valence-corrected chi connectivity index (χ4v) is 2.76. The van der Waals surface area contributed by atoms with Crippen molar-refractivity contribution in [2.24, 2.45) is 11.8 Å². The minimum atomic E-state index is 0.230. The van der Waals surface area contributed by atoms with Crippen LogP contribution in [0, 0.1) is 11.8 Å². The Hall–Kier alpha value is -0.0500. The molecule has 1 amide bonds. The number of rotatable bonds is 8. The zero-order chi connectivity index (χ0) is 12.0. The lowest BCUT2D eigenvalue weighted by molar-refractivity contribution is -0.125. The van der Waals surface area contributed by atoms with Gasteiger partial charge in [-0.1, -0.05) is 42.6 Å². The average Bonchev–Trinajstić information content (AvgIpc) is 3.09. The predicted molar refractivity (Wildman–Crippen MR) is 71.8 cm³/mol. The van der Waals surface area contributed by atoms with Gasteiger partial charge in [0.05, 0.1) is 0 Å². The van der Waals surface area contributed by atoms with Gasteiger partial charge in [-0.05, 0) is 31.6 Å². The van der Waals surface area contributed by atoms with Crippen molar-refractivity contribution in [3.8, 4) is 0 Å². The van der Waals surface area contributed by atoms with E-state index in [1.165, 1.54) is 12.8 Å². The predicted octanol–water partition coefficient (Wildman–Crippen LogP) is 3.49. The minimum Gasteiger partial charge on any atom is -0.355 e. The standard InChI is InChI=1S/C13H24BrNO/c1-3-5-11(6-4-2)13(16)15-9-12(14)10-7-8-10/h10-12H,3-9H2,1-2H3,(H,15,16). The van der Waals surface area contributed by atoms with Crippen LogP contribution in [0.4, 0.5) is 0 Å². The van der Waals surface area contributed by atoms with Gasteiger partial charge in [-0.25, -0.2) is 0 Å². The molecule has 1 fully saturated rings. The van der Waals surface area contributed by atoms with Crippen LogP contribution in [0.5, 0.6) is 0 Å². The van der Waals surface area contributed by atoms with Gasteiger partial charge in [0.15, 0.2) is 0 Å². The number of carbonyl (C=O) groups excluding carboxylic acids is 1. The average molecular weight is 290 g/mol. The molecule has 0 aromatic heterocycles. The van der Waals surface area contributed by atoms with Crippen molar-refractivity contribution in [2.75, 3.05) is 6.54 Å². The molecule has 1 saturated carbocycles. The zero-order valence-electron chi connectivity index (χ0n) is 10.5. The van der Waals surface area contributed by atoms with Gasteiger partial charge in [0, 0.05) is 17.3 Å². The van der Waals surface area contributed by atoms with E-state index in [2.05, 4.69) is 35.1 Å². The summed E-state index contributed by atoms with van der Waals surface area (Å²) in [6.45, 7) is 5.09. The summed E-state index contributed by atoms with van der Waals surface area (Å²) in [6, 6.07) is 0. The third kappa shape index (κ3) is 4.86. The van der Waals surface area contributed by atoms with Crippen LogP contribution in [-0.2, 0) is 4.79 Å². The van der Waals surface area contributed by atoms with Gasteiger partial charge in [-0.2, -0.15) is 0 Å². The fraction of sp³-hybridized carbons (Fsp3) is 0.923. The first kappa shape index (κ1) is 14.0. The molecule has 1 aliphatic carbocycles. The molecule has 0 aromatic carbocycles. The molecule has 94 valence electrons. The van der Waals surface area contributed by atoms with E-state index in [0.29, 0.717) is 4.83 Å². The number of amides is 1. The van der Waals surface area contributed by atoms with Crippen molar-refractivity contribution in [3.05, 3.63) is 0 Å². The molecule has 2 nitrogen and oxygen atoms in total. The number of hydrogen-bond acceptors (Lipinski definition) is 1. The van der Waals surface area contributed by atoms with E-state index >= 15 is 0 Å². The number of alkyl halides is 1. The van der Waals surface area contributed by atoms with Gasteiger partial charge in [-0.15, -0.1) is 0 Å². The Kier molecular flexibility index (Phi) is 6.40. The van der Waals surface area contributed by atoms with E-state index in [9.17, 15) is 4.79 Å². The van der Waals surface area contributed by atoms with Crippen LogP contribution >= 0.6 is 15.9 Å². The van der Waals surface area contributed by atoms with Crippen LogP contribution in [0.2, 0.25) is 0 Å². The fourth-order valence-electron chi connectivity index (χ4n) is 2.07. The number of carbonyl (C=O) groups is 1. The smallest absolute Gasteiger partial charge is 0.223 e. The van der Waals surface area contributed by atoms with Crippen molar-refractivity contribution < 1.29 is 4.79 Å². The number of halogens is 1.